The molecular weight excluding hydrogens is 556 g/mol. The summed E-state index contributed by atoms with van der Waals surface area (Å²) in [6, 6.07) is 9.86. The van der Waals surface area contributed by atoms with E-state index in [4.69, 9.17) is 19.8 Å². The number of nitrogens with zero attached hydrogens (tertiary/aromatic N) is 3. The minimum absolute atomic E-state index is 0.103. The lowest BCUT2D eigenvalue weighted by molar-refractivity contribution is -0.193. The Morgan fingerprint density at radius 1 is 0.946 bits per heavy atom. The van der Waals surface area contributed by atoms with Gasteiger partial charge in [-0.1, -0.05) is 12.1 Å². The molecule has 2 aromatic rings. The van der Waals surface area contributed by atoms with Crippen LogP contribution in [0.5, 0.6) is 0 Å². The molecule has 17 heteroatoms. The van der Waals surface area contributed by atoms with Crippen molar-refractivity contribution in [1.82, 2.24) is 14.2 Å². The molecule has 0 saturated carbocycles. The van der Waals surface area contributed by atoms with Crippen LogP contribution >= 0.6 is 11.3 Å². The number of carboxylic acids is 2. The molecule has 0 spiro atoms. The van der Waals surface area contributed by atoms with E-state index in [0.717, 1.165) is 31.6 Å². The van der Waals surface area contributed by atoms with Crippen LogP contribution in [0.2, 0.25) is 0 Å². The number of fused-ring (bicyclic) bond motifs is 1. The quantitative estimate of drug-likeness (QED) is 0.529. The van der Waals surface area contributed by atoms with Gasteiger partial charge in [-0.15, -0.1) is 11.3 Å². The Labute approximate surface area is 211 Å². The molecule has 2 saturated heterocycles. The molecule has 0 amide bonds. The predicted molar refractivity (Wildman–Crippen MR) is 117 cm³/mol. The largest absolute Gasteiger partial charge is 0.490 e. The van der Waals surface area contributed by atoms with E-state index in [0.29, 0.717) is 16.8 Å². The number of aliphatic carboxylic acids is 2. The zero-order chi connectivity index (χ0) is 28.0. The van der Waals surface area contributed by atoms with Crippen molar-refractivity contribution in [3.63, 3.8) is 0 Å². The fraction of sp³-hybridized carbons (Fsp3) is 0.450. The number of halogens is 6. The van der Waals surface area contributed by atoms with Crippen molar-refractivity contribution in [1.29, 1.82) is 0 Å². The molecule has 2 atom stereocenters. The molecule has 4 rings (SSSR count). The molecule has 37 heavy (non-hydrogen) atoms. The van der Waals surface area contributed by atoms with Crippen LogP contribution in [0.1, 0.15) is 18.5 Å². The van der Waals surface area contributed by atoms with Crippen molar-refractivity contribution in [2.24, 2.45) is 0 Å². The summed E-state index contributed by atoms with van der Waals surface area (Å²) in [6.07, 6.45) is -6.55. The number of hydrogen-bond acceptors (Lipinski definition) is 7. The summed E-state index contributed by atoms with van der Waals surface area (Å²) in [5.74, 6) is -5.51. The van der Waals surface area contributed by atoms with Crippen molar-refractivity contribution < 1.29 is 54.6 Å². The van der Waals surface area contributed by atoms with Gasteiger partial charge in [0.2, 0.25) is 0 Å². The molecule has 0 radical (unpaired) electrons. The number of hydrogen-bond donors (Lipinski definition) is 2. The highest BCUT2D eigenvalue weighted by Crippen LogP contribution is 2.36. The third-order valence-electron chi connectivity index (χ3n) is 5.27. The van der Waals surface area contributed by atoms with Gasteiger partial charge in [0, 0.05) is 37.9 Å². The van der Waals surface area contributed by atoms with Gasteiger partial charge < -0.3 is 10.2 Å². The summed E-state index contributed by atoms with van der Waals surface area (Å²) in [7, 11) is -3.34. The Morgan fingerprint density at radius 3 is 1.97 bits per heavy atom. The number of aromatic nitrogens is 1. The lowest BCUT2D eigenvalue weighted by atomic mass is 10.1. The molecule has 4 heterocycles. The first-order chi connectivity index (χ1) is 17.0. The molecule has 2 aliphatic rings. The zero-order valence-corrected chi connectivity index (χ0v) is 20.3. The van der Waals surface area contributed by atoms with Gasteiger partial charge in [0.25, 0.3) is 10.0 Å². The summed E-state index contributed by atoms with van der Waals surface area (Å²) in [4.78, 5) is 24.6. The van der Waals surface area contributed by atoms with Gasteiger partial charge in [-0.05, 0) is 36.4 Å². The van der Waals surface area contributed by atoms with Crippen LogP contribution in [-0.2, 0) is 26.2 Å². The second-order valence-electron chi connectivity index (χ2n) is 7.66. The Morgan fingerprint density at radius 2 is 1.51 bits per heavy atom. The first-order valence-electron chi connectivity index (χ1n) is 10.3. The molecule has 0 unspecified atom stereocenters. The second-order valence-corrected chi connectivity index (χ2v) is 10.7. The number of likely N-dealkylation sites (tertiary alicyclic amines) is 1. The lowest BCUT2D eigenvalue weighted by Gasteiger charge is -2.24. The highest BCUT2D eigenvalue weighted by molar-refractivity contribution is 7.91. The number of carboxylic acid groups (broad SMARTS) is 2. The van der Waals surface area contributed by atoms with Crippen molar-refractivity contribution in [2.45, 2.75) is 48.0 Å². The van der Waals surface area contributed by atoms with E-state index in [-0.39, 0.29) is 6.04 Å². The maximum Gasteiger partial charge on any atom is 0.490 e. The molecular formula is C20H21F6N3O6S2. The topological polar surface area (TPSA) is 128 Å². The Kier molecular flexibility index (Phi) is 10.0. The smallest absolute Gasteiger partial charge is 0.475 e. The molecule has 0 aliphatic carbocycles. The van der Waals surface area contributed by atoms with E-state index >= 15 is 0 Å². The zero-order valence-electron chi connectivity index (χ0n) is 18.7. The van der Waals surface area contributed by atoms with Crippen molar-refractivity contribution in [3.8, 4) is 0 Å². The first kappa shape index (κ1) is 30.5. The number of sulfonamides is 1. The molecule has 9 nitrogen and oxygen atoms in total. The number of rotatable bonds is 4. The summed E-state index contributed by atoms with van der Waals surface area (Å²) in [6.45, 7) is 2.35. The summed E-state index contributed by atoms with van der Waals surface area (Å²) in [5, 5.41) is 16.1. The fourth-order valence-electron chi connectivity index (χ4n) is 3.76. The van der Waals surface area contributed by atoms with Crippen LogP contribution in [0.3, 0.4) is 0 Å². The van der Waals surface area contributed by atoms with Gasteiger partial charge >= 0.3 is 24.3 Å². The molecule has 2 N–H and O–H groups in total. The van der Waals surface area contributed by atoms with Gasteiger partial charge in [0.1, 0.15) is 4.21 Å². The molecule has 0 aromatic carbocycles. The van der Waals surface area contributed by atoms with Gasteiger partial charge in [0.15, 0.2) is 0 Å². The van der Waals surface area contributed by atoms with Crippen LogP contribution in [0.15, 0.2) is 46.1 Å². The van der Waals surface area contributed by atoms with E-state index in [1.807, 2.05) is 29.8 Å². The molecule has 2 aliphatic heterocycles. The molecule has 206 valence electrons. The number of pyridine rings is 1. The Hall–Kier alpha value is -2.76. The van der Waals surface area contributed by atoms with E-state index in [9.17, 15) is 34.8 Å². The van der Waals surface area contributed by atoms with E-state index in [1.54, 1.807) is 16.4 Å². The fourth-order valence-corrected chi connectivity index (χ4v) is 6.57. The minimum Gasteiger partial charge on any atom is -0.475 e. The number of thiophene rings is 1. The summed E-state index contributed by atoms with van der Waals surface area (Å²) >= 11 is 1.30. The van der Waals surface area contributed by atoms with Crippen molar-refractivity contribution >= 4 is 33.3 Å². The van der Waals surface area contributed by atoms with Crippen LogP contribution < -0.4 is 0 Å². The standard InChI is InChI=1S/C16H19N3O2S2.2C2HF3O2/c20-23(21,16-5-3-11-22-16)19-10-7-14-15(19)6-9-18(14)12-13-4-1-2-8-17-13;2*3-2(4,5)1(6)7/h1-5,8,11,14-15H,6-7,9-10,12H2;2*(H,6,7)/t14-,15+;;/m0../s1. The minimum atomic E-state index is -5.08. The maximum atomic E-state index is 12.8. The number of alkyl halides is 6. The van der Waals surface area contributed by atoms with Crippen LogP contribution in [0.4, 0.5) is 26.3 Å². The van der Waals surface area contributed by atoms with Crippen molar-refractivity contribution in [3.05, 3.63) is 47.6 Å². The highest BCUT2D eigenvalue weighted by Gasteiger charge is 2.47. The molecule has 2 aromatic heterocycles. The predicted octanol–water partition coefficient (Wildman–Crippen LogP) is 3.45. The van der Waals surface area contributed by atoms with E-state index < -0.39 is 34.3 Å². The monoisotopic (exact) mass is 577 g/mol. The van der Waals surface area contributed by atoms with Gasteiger partial charge in [-0.25, -0.2) is 18.0 Å². The normalized spacial score (nSPS) is 20.3. The van der Waals surface area contributed by atoms with Gasteiger partial charge in [0.05, 0.1) is 5.69 Å². The number of carbonyl (C=O) groups is 2. The third-order valence-corrected chi connectivity index (χ3v) is 8.57. The molecule has 0 bridgehead atoms. The SMILES string of the molecule is O=C(O)C(F)(F)F.O=C(O)C(F)(F)F.O=S(=O)(c1cccs1)N1CC[C@H]2[C@H]1CCN2Cc1ccccn1. The van der Waals surface area contributed by atoms with Gasteiger partial charge in [-0.2, -0.15) is 30.6 Å². The Balaban J connectivity index is 0.000000286. The first-order valence-corrected chi connectivity index (χ1v) is 12.7. The third kappa shape index (κ3) is 8.37. The average Bonchev–Trinajstić information content (AvgIpc) is 3.54. The lowest BCUT2D eigenvalue weighted by Crippen LogP contribution is -2.39. The maximum absolute atomic E-state index is 12.8. The second kappa shape index (κ2) is 12.2. The van der Waals surface area contributed by atoms with Crippen LogP contribution in [0, 0.1) is 0 Å². The summed E-state index contributed by atoms with van der Waals surface area (Å²) in [5.41, 5.74) is 1.05. The average molecular weight is 578 g/mol. The molecule has 2 fully saturated rings. The highest BCUT2D eigenvalue weighted by atomic mass is 32.2. The van der Waals surface area contributed by atoms with E-state index in [1.165, 1.54) is 11.3 Å². The van der Waals surface area contributed by atoms with E-state index in [2.05, 4.69) is 9.88 Å². The summed E-state index contributed by atoms with van der Waals surface area (Å²) < 4.78 is 91.3. The van der Waals surface area contributed by atoms with Gasteiger partial charge in [-0.3, -0.25) is 9.88 Å². The van der Waals surface area contributed by atoms with Crippen LogP contribution in [0.25, 0.3) is 0 Å². The van der Waals surface area contributed by atoms with Crippen molar-refractivity contribution in [2.75, 3.05) is 13.1 Å². The van der Waals surface area contributed by atoms with Crippen LogP contribution in [-0.4, -0.2) is 82.3 Å². The Bertz CT molecular complexity index is 1120.